The molecule has 19 nitrogen and oxygen atoms in total. The third-order valence-electron chi connectivity index (χ3n) is 19.1. The van der Waals surface area contributed by atoms with Crippen molar-refractivity contribution in [2.45, 2.75) is 413 Å². The van der Waals surface area contributed by atoms with Gasteiger partial charge in [0.1, 0.15) is 73.2 Å². The van der Waals surface area contributed by atoms with E-state index in [9.17, 15) is 61.0 Å². The van der Waals surface area contributed by atoms with Gasteiger partial charge < -0.3 is 89.9 Å². The van der Waals surface area contributed by atoms with Gasteiger partial charge in [-0.05, 0) is 19.3 Å². The average molecular weight is 1300 g/mol. The number of hydrogen-bond acceptors (Lipinski definition) is 18. The summed E-state index contributed by atoms with van der Waals surface area (Å²) in [6.45, 7) is 1.79. The summed E-state index contributed by atoms with van der Waals surface area (Å²) >= 11 is 0. The van der Waals surface area contributed by atoms with Gasteiger partial charge in [0, 0.05) is 6.42 Å². The number of rotatable bonds is 59. The van der Waals surface area contributed by atoms with E-state index >= 15 is 0 Å². The second-order valence-corrected chi connectivity index (χ2v) is 27.1. The van der Waals surface area contributed by atoms with Crippen molar-refractivity contribution in [1.29, 1.82) is 0 Å². The van der Waals surface area contributed by atoms with E-state index in [1.807, 2.05) is 6.08 Å². The minimum Gasteiger partial charge on any atom is -0.394 e. The van der Waals surface area contributed by atoms with Crippen LogP contribution < -0.4 is 5.32 Å². The molecule has 3 rings (SSSR count). The van der Waals surface area contributed by atoms with Crippen LogP contribution in [0.15, 0.2) is 12.2 Å². The third-order valence-corrected chi connectivity index (χ3v) is 19.1. The predicted octanol–water partition coefficient (Wildman–Crippen LogP) is 10.8. The molecule has 0 spiro atoms. The van der Waals surface area contributed by atoms with Gasteiger partial charge in [0.05, 0.1) is 38.6 Å². The van der Waals surface area contributed by atoms with Crippen LogP contribution in [0.1, 0.15) is 309 Å². The summed E-state index contributed by atoms with van der Waals surface area (Å²) in [5, 5.41) is 121. The molecule has 3 aliphatic heterocycles. The molecule has 91 heavy (non-hydrogen) atoms. The zero-order valence-corrected chi connectivity index (χ0v) is 57.1. The summed E-state index contributed by atoms with van der Waals surface area (Å²) in [6.07, 6.45) is 34.8. The van der Waals surface area contributed by atoms with E-state index in [0.29, 0.717) is 6.42 Å². The molecule has 0 aliphatic carbocycles. The Hall–Kier alpha value is -1.47. The van der Waals surface area contributed by atoms with Crippen LogP contribution in [-0.4, -0.2) is 193 Å². The molecular formula is C72H137NO18. The minimum absolute atomic E-state index is 0.250. The van der Waals surface area contributed by atoms with E-state index in [2.05, 4.69) is 19.2 Å². The van der Waals surface area contributed by atoms with E-state index in [-0.39, 0.29) is 18.9 Å². The van der Waals surface area contributed by atoms with Crippen molar-refractivity contribution in [3.8, 4) is 0 Å². The fraction of sp³-hybridized carbons (Fsp3) is 0.958. The molecule has 0 aromatic rings. The van der Waals surface area contributed by atoms with Gasteiger partial charge in [0.2, 0.25) is 5.91 Å². The highest BCUT2D eigenvalue weighted by Gasteiger charge is 2.53. The van der Waals surface area contributed by atoms with Crippen molar-refractivity contribution in [3.05, 3.63) is 12.2 Å². The number of aliphatic hydroxyl groups excluding tert-OH is 11. The second-order valence-electron chi connectivity index (χ2n) is 27.1. The number of carbonyl (C=O) groups excluding carboxylic acids is 1. The van der Waals surface area contributed by atoms with E-state index in [4.69, 9.17) is 28.4 Å². The van der Waals surface area contributed by atoms with Crippen LogP contribution in [0.25, 0.3) is 0 Å². The molecule has 3 fully saturated rings. The van der Waals surface area contributed by atoms with Crippen LogP contribution in [-0.2, 0) is 33.2 Å². The van der Waals surface area contributed by atoms with Gasteiger partial charge in [0.15, 0.2) is 18.9 Å². The monoisotopic (exact) mass is 1300 g/mol. The zero-order chi connectivity index (χ0) is 66.1. The summed E-state index contributed by atoms with van der Waals surface area (Å²) in [7, 11) is 0. The topological polar surface area (TPSA) is 307 Å². The summed E-state index contributed by atoms with van der Waals surface area (Å²) in [4.78, 5) is 13.4. The van der Waals surface area contributed by atoms with Crippen molar-refractivity contribution in [3.63, 3.8) is 0 Å². The van der Waals surface area contributed by atoms with Crippen molar-refractivity contribution in [2.75, 3.05) is 26.4 Å². The molecule has 17 atom stereocenters. The summed E-state index contributed by atoms with van der Waals surface area (Å²) in [5.74, 6) is -0.268. The summed E-state index contributed by atoms with van der Waals surface area (Å²) in [5.41, 5.74) is 0. The van der Waals surface area contributed by atoms with Crippen molar-refractivity contribution in [2.24, 2.45) is 0 Å². The average Bonchev–Trinajstić information content (AvgIpc) is 0.885. The molecule has 538 valence electrons. The number of amides is 1. The van der Waals surface area contributed by atoms with Gasteiger partial charge in [-0.25, -0.2) is 0 Å². The highest BCUT2D eigenvalue weighted by molar-refractivity contribution is 5.76. The first kappa shape index (κ1) is 83.8. The Morgan fingerprint density at radius 3 is 1.03 bits per heavy atom. The molecule has 1 amide bonds. The molecule has 0 radical (unpaired) electrons. The number of ether oxygens (including phenoxy) is 6. The van der Waals surface area contributed by atoms with E-state index < -0.39 is 124 Å². The first-order valence-electron chi connectivity index (χ1n) is 37.4. The first-order valence-corrected chi connectivity index (χ1v) is 37.4. The standard InChI is InChI=1S/C72H137NO18/c1-3-5-7-9-11-13-15-17-19-21-23-24-25-26-27-28-29-30-32-33-35-37-39-41-43-45-47-49-56(77)55(73-60(78)50-48-46-44-42-40-38-36-34-31-22-20-18-16-14-12-10-8-6-4-2)54-86-70-66(84)63(81)68(58(52-75)88-70)91-72-67(85)64(82)69(59(53-76)89-72)90-71-65(83)62(80)61(79)57(51-74)87-71/h47,49,55-59,61-72,74-77,79-85H,3-46,48,50-54H2,1-2H3,(H,73,78)/b49-47+. The molecular weight excluding hydrogens is 1170 g/mol. The van der Waals surface area contributed by atoms with Crippen LogP contribution in [0.3, 0.4) is 0 Å². The van der Waals surface area contributed by atoms with Gasteiger partial charge in [-0.1, -0.05) is 296 Å². The molecule has 0 saturated carbocycles. The van der Waals surface area contributed by atoms with Gasteiger partial charge in [0.25, 0.3) is 0 Å². The number of allylic oxidation sites excluding steroid dienone is 1. The number of carbonyl (C=O) groups is 1. The highest BCUT2D eigenvalue weighted by atomic mass is 16.8. The quantitative estimate of drug-likeness (QED) is 0.0199. The van der Waals surface area contributed by atoms with Crippen LogP contribution in [0.2, 0.25) is 0 Å². The van der Waals surface area contributed by atoms with Gasteiger partial charge in [-0.15, -0.1) is 0 Å². The number of unbranched alkanes of at least 4 members (excludes halogenated alkanes) is 43. The Morgan fingerprint density at radius 2 is 0.681 bits per heavy atom. The Bertz CT molecular complexity index is 1700. The maximum absolute atomic E-state index is 13.4. The lowest BCUT2D eigenvalue weighted by molar-refractivity contribution is -0.379. The number of hydrogen-bond donors (Lipinski definition) is 12. The van der Waals surface area contributed by atoms with Crippen LogP contribution >= 0.6 is 0 Å². The van der Waals surface area contributed by atoms with Crippen molar-refractivity contribution < 1.29 is 89.4 Å². The third kappa shape index (κ3) is 36.1. The lowest BCUT2D eigenvalue weighted by Crippen LogP contribution is -2.66. The SMILES string of the molecule is CCCCCCCCCCCCCCCCCCCCCCCCCCC/C=C/C(O)C(COC1OC(CO)C(OC2OC(CO)C(OC3OC(CO)C(O)C(O)C3O)C(O)C2O)C(O)C1O)NC(=O)CCCCCCCCCCCCCCCCCCCCC. The molecule has 3 heterocycles. The molecule has 0 bridgehead atoms. The molecule has 17 unspecified atom stereocenters. The minimum atomic E-state index is -1.98. The number of nitrogens with one attached hydrogen (secondary N) is 1. The largest absolute Gasteiger partial charge is 0.394 e. The molecule has 3 saturated heterocycles. The van der Waals surface area contributed by atoms with Crippen LogP contribution in [0.4, 0.5) is 0 Å². The maximum Gasteiger partial charge on any atom is 0.220 e. The molecule has 3 aliphatic rings. The van der Waals surface area contributed by atoms with Crippen LogP contribution in [0.5, 0.6) is 0 Å². The summed E-state index contributed by atoms with van der Waals surface area (Å²) < 4.78 is 34.4. The Morgan fingerprint density at radius 1 is 0.385 bits per heavy atom. The Balaban J connectivity index is 1.41. The van der Waals surface area contributed by atoms with E-state index in [0.717, 1.165) is 44.9 Å². The maximum atomic E-state index is 13.4. The smallest absolute Gasteiger partial charge is 0.220 e. The molecule has 0 aromatic carbocycles. The lowest BCUT2D eigenvalue weighted by atomic mass is 9.96. The van der Waals surface area contributed by atoms with Gasteiger partial charge in [-0.2, -0.15) is 0 Å². The van der Waals surface area contributed by atoms with E-state index in [1.54, 1.807) is 6.08 Å². The molecule has 0 aromatic heterocycles. The normalized spacial score (nSPS) is 27.9. The highest BCUT2D eigenvalue weighted by Crippen LogP contribution is 2.33. The molecule has 12 N–H and O–H groups in total. The number of aliphatic hydroxyl groups is 11. The fourth-order valence-corrected chi connectivity index (χ4v) is 13.0. The zero-order valence-electron chi connectivity index (χ0n) is 57.1. The summed E-state index contributed by atoms with van der Waals surface area (Å²) in [6, 6.07) is -0.969. The first-order chi connectivity index (χ1) is 44.3. The van der Waals surface area contributed by atoms with Crippen LogP contribution in [0, 0.1) is 0 Å². The lowest BCUT2D eigenvalue weighted by Gasteiger charge is -2.48. The van der Waals surface area contributed by atoms with E-state index in [1.165, 1.54) is 238 Å². The van der Waals surface area contributed by atoms with Crippen molar-refractivity contribution in [1.82, 2.24) is 5.32 Å². The fourth-order valence-electron chi connectivity index (χ4n) is 13.0. The second kappa shape index (κ2) is 54.5. The van der Waals surface area contributed by atoms with Gasteiger partial charge in [-0.3, -0.25) is 4.79 Å². The predicted molar refractivity (Wildman–Crippen MR) is 356 cm³/mol. The Labute approximate surface area is 550 Å². The Kier molecular flexibility index (Phi) is 50.2. The van der Waals surface area contributed by atoms with Gasteiger partial charge >= 0.3 is 0 Å². The molecule has 19 heteroatoms. The van der Waals surface area contributed by atoms with Crippen molar-refractivity contribution >= 4 is 5.91 Å².